The Hall–Kier alpha value is -0.650. The van der Waals surface area contributed by atoms with Crippen LogP contribution in [0.1, 0.15) is 13.3 Å². The summed E-state index contributed by atoms with van der Waals surface area (Å²) in [5.41, 5.74) is -0.711. The quantitative estimate of drug-likeness (QED) is 0.759. The van der Waals surface area contributed by atoms with E-state index in [1.54, 1.807) is 12.3 Å². The van der Waals surface area contributed by atoms with Gasteiger partial charge in [0.2, 0.25) is 0 Å². The highest BCUT2D eigenvalue weighted by atomic mass is 79.9. The molecule has 3 N–H and O–H groups in total. The number of anilines is 1. The number of nitrogens with zero attached hydrogens (tertiary/aromatic N) is 1. The van der Waals surface area contributed by atoms with E-state index in [4.69, 9.17) is 0 Å². The van der Waals surface area contributed by atoms with Crippen LogP contribution in [0.5, 0.6) is 0 Å². The molecule has 0 aliphatic heterocycles. The highest BCUT2D eigenvalue weighted by Crippen LogP contribution is 2.23. The van der Waals surface area contributed by atoms with Crippen LogP contribution >= 0.6 is 15.9 Å². The van der Waals surface area contributed by atoms with Gasteiger partial charge in [-0.05, 0) is 34.5 Å². The minimum Gasteiger partial charge on any atom is -0.394 e. The second kappa shape index (κ2) is 5.44. The van der Waals surface area contributed by atoms with Crippen LogP contribution < -0.4 is 5.32 Å². The monoisotopic (exact) mass is 274 g/mol. The van der Waals surface area contributed by atoms with Gasteiger partial charge < -0.3 is 15.5 Å². The Kier molecular flexibility index (Phi) is 4.50. The third kappa shape index (κ3) is 2.90. The average molecular weight is 275 g/mol. The molecule has 0 aliphatic rings. The lowest BCUT2D eigenvalue weighted by molar-refractivity contribution is 0.132. The molecule has 0 amide bonds. The molecule has 0 fully saturated rings. The third-order valence-corrected chi connectivity index (χ3v) is 3.06. The van der Waals surface area contributed by atoms with Crippen LogP contribution in [0.2, 0.25) is 0 Å². The van der Waals surface area contributed by atoms with Crippen LogP contribution in [0.15, 0.2) is 22.8 Å². The zero-order valence-corrected chi connectivity index (χ0v) is 10.2. The third-order valence-electron chi connectivity index (χ3n) is 2.42. The number of aliphatic hydroxyl groups excluding tert-OH is 2. The summed E-state index contributed by atoms with van der Waals surface area (Å²) in [7, 11) is 0. The van der Waals surface area contributed by atoms with Gasteiger partial charge in [0.25, 0.3) is 0 Å². The number of hydrogen-bond acceptors (Lipinski definition) is 4. The molecule has 0 radical (unpaired) electrons. The summed E-state index contributed by atoms with van der Waals surface area (Å²) in [5, 5.41) is 21.6. The van der Waals surface area contributed by atoms with Crippen LogP contribution in [0.3, 0.4) is 0 Å². The molecule has 1 rings (SSSR count). The average Bonchev–Trinajstić information content (AvgIpc) is 2.29. The zero-order valence-electron chi connectivity index (χ0n) is 8.57. The number of aromatic nitrogens is 1. The first-order chi connectivity index (χ1) is 7.17. The molecule has 0 unspecified atom stereocenters. The van der Waals surface area contributed by atoms with Crippen molar-refractivity contribution in [2.45, 2.75) is 18.9 Å². The van der Waals surface area contributed by atoms with E-state index in [0.29, 0.717) is 12.2 Å². The highest BCUT2D eigenvalue weighted by Gasteiger charge is 2.27. The molecule has 0 atom stereocenters. The van der Waals surface area contributed by atoms with Crippen molar-refractivity contribution in [1.29, 1.82) is 0 Å². The summed E-state index contributed by atoms with van der Waals surface area (Å²) < 4.78 is 0.810. The molecule has 84 valence electrons. The Morgan fingerprint density at radius 1 is 1.47 bits per heavy atom. The molecule has 1 aromatic heterocycles. The van der Waals surface area contributed by atoms with Crippen molar-refractivity contribution in [3.05, 3.63) is 22.8 Å². The lowest BCUT2D eigenvalue weighted by Crippen LogP contribution is -2.45. The fourth-order valence-corrected chi connectivity index (χ4v) is 1.52. The van der Waals surface area contributed by atoms with Gasteiger partial charge in [0.05, 0.1) is 23.2 Å². The van der Waals surface area contributed by atoms with E-state index in [2.05, 4.69) is 26.2 Å². The van der Waals surface area contributed by atoms with E-state index in [1.807, 2.05) is 13.0 Å². The first-order valence-electron chi connectivity index (χ1n) is 4.78. The minimum atomic E-state index is -0.711. The molecule has 0 bridgehead atoms. The summed E-state index contributed by atoms with van der Waals surface area (Å²) in [5.74, 6) is 0.627. The van der Waals surface area contributed by atoms with Crippen LogP contribution in [0.25, 0.3) is 0 Å². The highest BCUT2D eigenvalue weighted by molar-refractivity contribution is 9.10. The molecule has 0 spiro atoms. The Morgan fingerprint density at radius 3 is 2.60 bits per heavy atom. The summed E-state index contributed by atoms with van der Waals surface area (Å²) in [6.45, 7) is 1.63. The number of nitrogens with one attached hydrogen (secondary N) is 1. The fraction of sp³-hybridized carbons (Fsp3) is 0.500. The van der Waals surface area contributed by atoms with E-state index in [0.717, 1.165) is 4.47 Å². The molecule has 5 heteroatoms. The van der Waals surface area contributed by atoms with Gasteiger partial charge in [-0.3, -0.25) is 0 Å². The normalized spacial score (nSPS) is 11.5. The molecule has 1 aromatic rings. The molecular formula is C10H15BrN2O2. The number of pyridine rings is 1. The maximum atomic E-state index is 9.26. The first kappa shape index (κ1) is 12.4. The topological polar surface area (TPSA) is 65.4 Å². The van der Waals surface area contributed by atoms with Gasteiger partial charge in [-0.25, -0.2) is 4.98 Å². The standard InChI is InChI=1S/C10H15BrN2O2/c1-2-10(6-14,7-15)13-9-8(11)4-3-5-12-9/h3-5,14-15H,2,6-7H2,1H3,(H,12,13). The van der Waals surface area contributed by atoms with E-state index in [9.17, 15) is 10.2 Å². The summed E-state index contributed by atoms with van der Waals surface area (Å²) >= 11 is 3.35. The molecule has 0 aromatic carbocycles. The number of rotatable bonds is 5. The Morgan fingerprint density at radius 2 is 2.13 bits per heavy atom. The second-order valence-electron chi connectivity index (χ2n) is 3.41. The van der Waals surface area contributed by atoms with Crippen LogP contribution in [0, 0.1) is 0 Å². The Labute approximate surface area is 97.5 Å². The predicted octanol–water partition coefficient (Wildman–Crippen LogP) is 1.39. The van der Waals surface area contributed by atoms with Crippen molar-refractivity contribution in [2.24, 2.45) is 0 Å². The van der Waals surface area contributed by atoms with Crippen molar-refractivity contribution in [3.63, 3.8) is 0 Å². The number of aliphatic hydroxyl groups is 2. The van der Waals surface area contributed by atoms with Crippen molar-refractivity contribution < 1.29 is 10.2 Å². The smallest absolute Gasteiger partial charge is 0.140 e. The lowest BCUT2D eigenvalue weighted by atomic mass is 9.98. The van der Waals surface area contributed by atoms with Gasteiger partial charge in [-0.2, -0.15) is 0 Å². The lowest BCUT2D eigenvalue weighted by Gasteiger charge is -2.30. The van der Waals surface area contributed by atoms with Gasteiger partial charge in [0.1, 0.15) is 5.82 Å². The Balaban J connectivity index is 2.88. The molecule has 1 heterocycles. The van der Waals surface area contributed by atoms with Crippen molar-refractivity contribution in [1.82, 2.24) is 4.98 Å². The first-order valence-corrected chi connectivity index (χ1v) is 5.57. The maximum absolute atomic E-state index is 9.26. The summed E-state index contributed by atoms with van der Waals surface area (Å²) in [4.78, 5) is 4.13. The van der Waals surface area contributed by atoms with Gasteiger partial charge in [-0.15, -0.1) is 0 Å². The minimum absolute atomic E-state index is 0.136. The molecule has 0 aliphatic carbocycles. The zero-order chi connectivity index (χ0) is 11.3. The maximum Gasteiger partial charge on any atom is 0.140 e. The number of halogens is 1. The molecule has 0 saturated carbocycles. The van der Waals surface area contributed by atoms with Gasteiger partial charge in [-0.1, -0.05) is 6.92 Å². The van der Waals surface area contributed by atoms with Gasteiger partial charge in [0, 0.05) is 6.20 Å². The van der Waals surface area contributed by atoms with Gasteiger partial charge in [0.15, 0.2) is 0 Å². The number of hydrogen-bond donors (Lipinski definition) is 3. The predicted molar refractivity (Wildman–Crippen MR) is 62.8 cm³/mol. The molecule has 15 heavy (non-hydrogen) atoms. The summed E-state index contributed by atoms with van der Waals surface area (Å²) in [6, 6.07) is 3.66. The van der Waals surface area contributed by atoms with Crippen molar-refractivity contribution >= 4 is 21.7 Å². The van der Waals surface area contributed by atoms with E-state index in [-0.39, 0.29) is 13.2 Å². The van der Waals surface area contributed by atoms with Crippen molar-refractivity contribution in [2.75, 3.05) is 18.5 Å². The van der Waals surface area contributed by atoms with Crippen LogP contribution in [-0.4, -0.2) is 33.9 Å². The van der Waals surface area contributed by atoms with Crippen LogP contribution in [-0.2, 0) is 0 Å². The van der Waals surface area contributed by atoms with E-state index < -0.39 is 5.54 Å². The fourth-order valence-electron chi connectivity index (χ4n) is 1.17. The molecular weight excluding hydrogens is 260 g/mol. The van der Waals surface area contributed by atoms with E-state index in [1.165, 1.54) is 0 Å². The second-order valence-corrected chi connectivity index (χ2v) is 4.26. The van der Waals surface area contributed by atoms with Crippen LogP contribution in [0.4, 0.5) is 5.82 Å². The summed E-state index contributed by atoms with van der Waals surface area (Å²) in [6.07, 6.45) is 2.27. The molecule has 0 saturated heterocycles. The Bertz CT molecular complexity index is 308. The molecule has 4 nitrogen and oxygen atoms in total. The van der Waals surface area contributed by atoms with Crippen molar-refractivity contribution in [3.8, 4) is 0 Å². The van der Waals surface area contributed by atoms with E-state index >= 15 is 0 Å². The SMILES string of the molecule is CCC(CO)(CO)Nc1ncccc1Br. The largest absolute Gasteiger partial charge is 0.394 e. The van der Waals surface area contributed by atoms with Gasteiger partial charge >= 0.3 is 0 Å².